The molecule has 0 unspecified atom stereocenters. The molecule has 2 aromatic rings. The lowest BCUT2D eigenvalue weighted by atomic mass is 10.1. The highest BCUT2D eigenvalue weighted by Crippen LogP contribution is 2.19. The van der Waals surface area contributed by atoms with Crippen molar-refractivity contribution in [3.8, 4) is 0 Å². The number of carbonyl (C=O) groups is 2. The fourth-order valence-corrected chi connectivity index (χ4v) is 4.10. The lowest BCUT2D eigenvalue weighted by Crippen LogP contribution is -2.30. The van der Waals surface area contributed by atoms with E-state index in [9.17, 15) is 18.0 Å². The molecule has 0 aliphatic rings. The number of aliphatic carboxylic acids is 1. The Morgan fingerprint density at radius 1 is 1.00 bits per heavy atom. The predicted molar refractivity (Wildman–Crippen MR) is 102 cm³/mol. The lowest BCUT2D eigenvalue weighted by molar-refractivity contribution is -0.136. The van der Waals surface area contributed by atoms with Crippen LogP contribution >= 0.6 is 0 Å². The van der Waals surface area contributed by atoms with Crippen LogP contribution in [0, 0.1) is 0 Å². The number of anilines is 1. The number of benzene rings is 2. The van der Waals surface area contributed by atoms with Gasteiger partial charge in [0, 0.05) is 24.3 Å². The molecule has 1 amide bonds. The summed E-state index contributed by atoms with van der Waals surface area (Å²) in [5.41, 5.74) is 1.17. The van der Waals surface area contributed by atoms with Crippen LogP contribution in [0.3, 0.4) is 0 Å². The Morgan fingerprint density at radius 2 is 1.59 bits per heavy atom. The van der Waals surface area contributed by atoms with Gasteiger partial charge in [0.05, 0.1) is 11.3 Å². The molecule has 0 heterocycles. The van der Waals surface area contributed by atoms with E-state index in [0.717, 1.165) is 0 Å². The van der Waals surface area contributed by atoms with Crippen molar-refractivity contribution in [1.29, 1.82) is 0 Å². The van der Waals surface area contributed by atoms with Crippen molar-refractivity contribution in [2.45, 2.75) is 25.2 Å². The fraction of sp³-hybridized carbons (Fsp3) is 0.263. The number of para-hydroxylation sites is 1. The average molecular weight is 390 g/mol. The van der Waals surface area contributed by atoms with Gasteiger partial charge in [-0.3, -0.25) is 9.59 Å². The van der Waals surface area contributed by atoms with Crippen LogP contribution in [0.1, 0.15) is 29.8 Å². The number of amides is 1. The normalized spacial score (nSPS) is 11.4. The molecule has 144 valence electrons. The lowest BCUT2D eigenvalue weighted by Gasteiger charge is -2.18. The molecule has 0 bridgehead atoms. The number of hydrogen-bond acceptors (Lipinski definition) is 4. The molecule has 0 aliphatic heterocycles. The van der Waals surface area contributed by atoms with E-state index in [0.29, 0.717) is 24.3 Å². The molecule has 0 saturated heterocycles. The van der Waals surface area contributed by atoms with Gasteiger partial charge in [-0.1, -0.05) is 32.0 Å². The molecule has 27 heavy (non-hydrogen) atoms. The van der Waals surface area contributed by atoms with Crippen molar-refractivity contribution in [1.82, 2.24) is 4.31 Å². The van der Waals surface area contributed by atoms with Gasteiger partial charge in [0.25, 0.3) is 5.91 Å². The largest absolute Gasteiger partial charge is 0.481 e. The summed E-state index contributed by atoms with van der Waals surface area (Å²) in [6.07, 6.45) is -0.211. The van der Waals surface area contributed by atoms with E-state index in [4.69, 9.17) is 5.11 Å². The monoisotopic (exact) mass is 390 g/mol. The molecule has 0 aliphatic carbocycles. The van der Waals surface area contributed by atoms with Gasteiger partial charge in [-0.2, -0.15) is 4.31 Å². The van der Waals surface area contributed by atoms with Gasteiger partial charge < -0.3 is 10.4 Å². The topological polar surface area (TPSA) is 104 Å². The van der Waals surface area contributed by atoms with Crippen molar-refractivity contribution in [2.24, 2.45) is 0 Å². The zero-order chi connectivity index (χ0) is 20.0. The van der Waals surface area contributed by atoms with Crippen LogP contribution in [0.25, 0.3) is 0 Å². The Kier molecular flexibility index (Phi) is 6.70. The first-order valence-electron chi connectivity index (χ1n) is 8.50. The van der Waals surface area contributed by atoms with Gasteiger partial charge in [-0.15, -0.1) is 0 Å². The number of carbonyl (C=O) groups excluding carboxylic acids is 1. The first-order valence-corrected chi connectivity index (χ1v) is 9.94. The van der Waals surface area contributed by atoms with E-state index < -0.39 is 21.9 Å². The van der Waals surface area contributed by atoms with Crippen LogP contribution in [0.5, 0.6) is 0 Å². The molecule has 7 nitrogen and oxygen atoms in total. The SMILES string of the molecule is CCN(CC)S(=O)(=O)c1ccc(C(=O)Nc2ccccc2CC(=O)O)cc1. The summed E-state index contributed by atoms with van der Waals surface area (Å²) in [5, 5.41) is 11.6. The second-order valence-corrected chi connectivity index (χ2v) is 7.73. The molecular formula is C19H22N2O5S. The number of hydrogen-bond donors (Lipinski definition) is 2. The van der Waals surface area contributed by atoms with E-state index in [-0.39, 0.29) is 16.9 Å². The first kappa shape index (κ1) is 20.6. The van der Waals surface area contributed by atoms with Crippen LogP contribution in [0.4, 0.5) is 5.69 Å². The molecule has 0 radical (unpaired) electrons. The Morgan fingerprint density at radius 3 is 2.15 bits per heavy atom. The maximum atomic E-state index is 12.5. The third-order valence-corrected chi connectivity index (χ3v) is 6.13. The average Bonchev–Trinajstić information content (AvgIpc) is 2.64. The minimum absolute atomic E-state index is 0.119. The highest BCUT2D eigenvalue weighted by atomic mass is 32.2. The second-order valence-electron chi connectivity index (χ2n) is 5.80. The smallest absolute Gasteiger partial charge is 0.307 e. The van der Waals surface area contributed by atoms with Gasteiger partial charge in [-0.25, -0.2) is 8.42 Å². The number of carboxylic acid groups (broad SMARTS) is 1. The molecule has 8 heteroatoms. The van der Waals surface area contributed by atoms with Crippen LogP contribution in [0.15, 0.2) is 53.4 Å². The van der Waals surface area contributed by atoms with Crippen molar-refractivity contribution < 1.29 is 23.1 Å². The van der Waals surface area contributed by atoms with Crippen molar-refractivity contribution >= 4 is 27.6 Å². The molecular weight excluding hydrogens is 368 g/mol. The molecule has 0 fully saturated rings. The molecule has 0 spiro atoms. The molecule has 2 aromatic carbocycles. The highest BCUT2D eigenvalue weighted by Gasteiger charge is 2.21. The van der Waals surface area contributed by atoms with Crippen molar-refractivity contribution in [3.63, 3.8) is 0 Å². The van der Waals surface area contributed by atoms with Crippen LogP contribution in [0.2, 0.25) is 0 Å². The summed E-state index contributed by atoms with van der Waals surface area (Å²) >= 11 is 0. The molecule has 2 rings (SSSR count). The maximum Gasteiger partial charge on any atom is 0.307 e. The number of nitrogens with zero attached hydrogens (tertiary/aromatic N) is 1. The third-order valence-electron chi connectivity index (χ3n) is 4.07. The minimum Gasteiger partial charge on any atom is -0.481 e. The summed E-state index contributed by atoms with van der Waals surface area (Å²) in [6, 6.07) is 12.3. The summed E-state index contributed by atoms with van der Waals surface area (Å²) in [7, 11) is -3.59. The Hall–Kier alpha value is -2.71. The summed E-state index contributed by atoms with van der Waals surface area (Å²) in [5.74, 6) is -1.44. The summed E-state index contributed by atoms with van der Waals surface area (Å²) < 4.78 is 26.3. The molecule has 2 N–H and O–H groups in total. The quantitative estimate of drug-likeness (QED) is 0.721. The molecule has 0 aromatic heterocycles. The maximum absolute atomic E-state index is 12.5. The Balaban J connectivity index is 2.21. The van der Waals surface area contributed by atoms with E-state index in [1.165, 1.54) is 28.6 Å². The van der Waals surface area contributed by atoms with Crippen LogP contribution < -0.4 is 5.32 Å². The number of rotatable bonds is 8. The Labute approximate surface area is 158 Å². The highest BCUT2D eigenvalue weighted by molar-refractivity contribution is 7.89. The van der Waals surface area contributed by atoms with E-state index in [1.54, 1.807) is 38.1 Å². The van der Waals surface area contributed by atoms with E-state index >= 15 is 0 Å². The summed E-state index contributed by atoms with van der Waals surface area (Å²) in [6.45, 7) is 4.25. The van der Waals surface area contributed by atoms with Gasteiger partial charge in [-0.05, 0) is 35.9 Å². The minimum atomic E-state index is -3.59. The van der Waals surface area contributed by atoms with Gasteiger partial charge in [0.2, 0.25) is 10.0 Å². The summed E-state index contributed by atoms with van der Waals surface area (Å²) in [4.78, 5) is 23.5. The van der Waals surface area contributed by atoms with E-state index in [1.807, 2.05) is 0 Å². The zero-order valence-corrected chi connectivity index (χ0v) is 16.0. The van der Waals surface area contributed by atoms with Crippen LogP contribution in [-0.4, -0.2) is 42.8 Å². The second kappa shape index (κ2) is 8.79. The fourth-order valence-electron chi connectivity index (χ4n) is 2.64. The molecule has 0 atom stereocenters. The van der Waals surface area contributed by atoms with Crippen LogP contribution in [-0.2, 0) is 21.2 Å². The number of carboxylic acids is 1. The Bertz CT molecular complexity index is 919. The number of nitrogens with one attached hydrogen (secondary N) is 1. The standard InChI is InChI=1S/C19H22N2O5S/c1-3-21(4-2)27(25,26)16-11-9-14(10-12-16)19(24)20-17-8-6-5-7-15(17)13-18(22)23/h5-12H,3-4,13H2,1-2H3,(H,20,24)(H,22,23). The third kappa shape index (κ3) is 4.93. The molecule has 0 saturated carbocycles. The van der Waals surface area contributed by atoms with Gasteiger partial charge in [0.1, 0.15) is 0 Å². The van der Waals surface area contributed by atoms with E-state index in [2.05, 4.69) is 5.32 Å². The van der Waals surface area contributed by atoms with Gasteiger partial charge in [0.15, 0.2) is 0 Å². The first-order chi connectivity index (χ1) is 12.8. The van der Waals surface area contributed by atoms with Crippen molar-refractivity contribution in [2.75, 3.05) is 18.4 Å². The zero-order valence-electron chi connectivity index (χ0n) is 15.2. The van der Waals surface area contributed by atoms with Gasteiger partial charge >= 0.3 is 5.97 Å². The number of sulfonamides is 1. The van der Waals surface area contributed by atoms with Crippen molar-refractivity contribution in [3.05, 3.63) is 59.7 Å². The predicted octanol–water partition coefficient (Wildman–Crippen LogP) is 2.60.